The second-order valence-electron chi connectivity index (χ2n) is 13.5. The molecule has 5 fully saturated rings. The predicted octanol–water partition coefficient (Wildman–Crippen LogP) is 9.34. The van der Waals surface area contributed by atoms with Gasteiger partial charge in [0.05, 0.1) is 0 Å². The van der Waals surface area contributed by atoms with Gasteiger partial charge < -0.3 is 9.90 Å². The molecule has 0 bridgehead atoms. The summed E-state index contributed by atoms with van der Waals surface area (Å²) >= 11 is 0. The van der Waals surface area contributed by atoms with Crippen LogP contribution in [0.5, 0.6) is 0 Å². The Labute approximate surface area is 231 Å². The summed E-state index contributed by atoms with van der Waals surface area (Å²) in [6, 6.07) is 0. The van der Waals surface area contributed by atoms with Crippen LogP contribution in [0.2, 0.25) is 0 Å². The van der Waals surface area contributed by atoms with Gasteiger partial charge in [-0.05, 0) is 122 Å². The van der Waals surface area contributed by atoms with Gasteiger partial charge in [-0.3, -0.25) is 0 Å². The highest BCUT2D eigenvalue weighted by molar-refractivity contribution is 5.49. The lowest BCUT2D eigenvalue weighted by Crippen LogP contribution is -2.52. The smallest absolute Gasteiger partial charge is 0.120 e. The third-order valence-corrected chi connectivity index (χ3v) is 12.5. The van der Waals surface area contributed by atoms with Crippen molar-refractivity contribution in [2.24, 2.45) is 58.2 Å². The van der Waals surface area contributed by atoms with Gasteiger partial charge in [-0.15, -0.1) is 12.8 Å². The zero-order valence-corrected chi connectivity index (χ0v) is 25.5. The second-order valence-corrected chi connectivity index (χ2v) is 13.5. The van der Waals surface area contributed by atoms with E-state index in [-0.39, 0.29) is 0 Å². The SMILES string of the molecule is C#C.CC.CC(CCC=O)C1CCC2C3CC[C@@H]4CCC5CCCCCC5C[C@]4(C)C3CC[C@]12C.CO. The van der Waals surface area contributed by atoms with Crippen molar-refractivity contribution in [3.63, 3.8) is 0 Å². The van der Waals surface area contributed by atoms with Crippen molar-refractivity contribution >= 4 is 6.29 Å². The molecule has 0 spiro atoms. The minimum absolute atomic E-state index is 0.558. The molecule has 0 amide bonds. The first-order valence-corrected chi connectivity index (χ1v) is 16.2. The van der Waals surface area contributed by atoms with Crippen LogP contribution >= 0.6 is 0 Å². The van der Waals surface area contributed by atoms with Crippen LogP contribution in [0.15, 0.2) is 0 Å². The van der Waals surface area contributed by atoms with E-state index >= 15 is 0 Å². The summed E-state index contributed by atoms with van der Waals surface area (Å²) in [5.41, 5.74) is 1.19. The number of carbonyl (C=O) groups is 1. The Hall–Kier alpha value is -0.810. The summed E-state index contributed by atoms with van der Waals surface area (Å²) in [7, 11) is 1.00. The van der Waals surface area contributed by atoms with Crippen LogP contribution in [0.3, 0.4) is 0 Å². The molecule has 2 heteroatoms. The van der Waals surface area contributed by atoms with E-state index in [1.165, 1.54) is 57.8 Å². The molecule has 5 aliphatic rings. The molecule has 5 saturated carbocycles. The standard InChI is InChI=1S/C30H50O.C2H6.C2H2.CH4O/c1-21(8-7-19-31)26-15-16-27-25-14-13-24-12-11-22-9-5-4-6-10-23(22)20-30(24,3)28(25)17-18-29(26,27)2;3*1-2/h19,21-28H,4-18,20H2,1-3H3;1-2H3;1-2H;2H,1H3/t21?,22?,23?,24-,25?,26?,27?,28?,29+,30-;;;/m0.../s1. The van der Waals surface area contributed by atoms with Crippen LogP contribution in [0.1, 0.15) is 137 Å². The molecule has 0 aromatic carbocycles. The average molecular weight is 515 g/mol. The van der Waals surface area contributed by atoms with Crippen molar-refractivity contribution in [2.45, 2.75) is 137 Å². The lowest BCUT2D eigenvalue weighted by atomic mass is 9.45. The first kappa shape index (κ1) is 32.4. The molecule has 1 N–H and O–H groups in total. The summed E-state index contributed by atoms with van der Waals surface area (Å²) in [6.45, 7) is 11.9. The molecule has 0 radical (unpaired) electrons. The Morgan fingerprint density at radius 1 is 0.811 bits per heavy atom. The lowest BCUT2D eigenvalue weighted by Gasteiger charge is -2.60. The van der Waals surface area contributed by atoms with Crippen molar-refractivity contribution in [2.75, 3.05) is 7.11 Å². The van der Waals surface area contributed by atoms with E-state index < -0.39 is 0 Å². The maximum atomic E-state index is 11.0. The fourth-order valence-electron chi connectivity index (χ4n) is 10.9. The number of terminal acetylenes is 1. The van der Waals surface area contributed by atoms with Gasteiger partial charge in [0.15, 0.2) is 0 Å². The molecule has 0 aliphatic heterocycles. The number of aliphatic hydroxyl groups is 1. The molecular weight excluding hydrogens is 452 g/mol. The van der Waals surface area contributed by atoms with Gasteiger partial charge >= 0.3 is 0 Å². The van der Waals surface area contributed by atoms with Crippen molar-refractivity contribution < 1.29 is 9.90 Å². The fraction of sp³-hybridized carbons (Fsp3) is 0.914. The van der Waals surface area contributed by atoms with E-state index in [1.54, 1.807) is 32.1 Å². The molecule has 5 aliphatic carbocycles. The summed E-state index contributed by atoms with van der Waals surface area (Å²) in [5, 5.41) is 7.00. The molecular formula is C35H62O2. The third kappa shape index (κ3) is 6.51. The van der Waals surface area contributed by atoms with E-state index in [2.05, 4.69) is 33.6 Å². The first-order valence-electron chi connectivity index (χ1n) is 16.2. The average Bonchev–Trinajstić information content (AvgIpc) is 3.05. The zero-order valence-electron chi connectivity index (χ0n) is 25.5. The van der Waals surface area contributed by atoms with Gasteiger partial charge in [-0.2, -0.15) is 0 Å². The molecule has 37 heavy (non-hydrogen) atoms. The minimum Gasteiger partial charge on any atom is -0.400 e. The highest BCUT2D eigenvalue weighted by Crippen LogP contribution is 2.69. The van der Waals surface area contributed by atoms with E-state index in [9.17, 15) is 4.79 Å². The Morgan fingerprint density at radius 2 is 1.43 bits per heavy atom. The van der Waals surface area contributed by atoms with Crippen molar-refractivity contribution in [1.82, 2.24) is 0 Å². The Kier molecular flexibility index (Phi) is 13.2. The molecule has 10 atom stereocenters. The number of aldehydes is 1. The monoisotopic (exact) mass is 514 g/mol. The first-order chi connectivity index (χ1) is 18.0. The Morgan fingerprint density at radius 3 is 2.11 bits per heavy atom. The van der Waals surface area contributed by atoms with Gasteiger partial charge in [-0.25, -0.2) is 0 Å². The number of aliphatic hydroxyl groups excluding tert-OH is 1. The maximum absolute atomic E-state index is 11.0. The van der Waals surface area contributed by atoms with Crippen molar-refractivity contribution in [1.29, 1.82) is 0 Å². The fourth-order valence-corrected chi connectivity index (χ4v) is 10.9. The molecule has 0 aromatic rings. The van der Waals surface area contributed by atoms with Gasteiger partial charge in [0.25, 0.3) is 0 Å². The van der Waals surface area contributed by atoms with Gasteiger partial charge in [0.1, 0.15) is 6.29 Å². The summed E-state index contributed by atoms with van der Waals surface area (Å²) in [4.78, 5) is 11.0. The molecule has 7 unspecified atom stereocenters. The van der Waals surface area contributed by atoms with E-state index in [0.29, 0.717) is 10.8 Å². The molecule has 0 heterocycles. The van der Waals surface area contributed by atoms with Crippen molar-refractivity contribution in [3.8, 4) is 12.8 Å². The molecule has 0 aromatic heterocycles. The molecule has 0 saturated heterocycles. The van der Waals surface area contributed by atoms with Crippen LogP contribution < -0.4 is 0 Å². The normalized spacial score (nSPS) is 42.9. The summed E-state index contributed by atoms with van der Waals surface area (Å²) < 4.78 is 0. The topological polar surface area (TPSA) is 37.3 Å². The molecule has 214 valence electrons. The Balaban J connectivity index is 0.000000750. The van der Waals surface area contributed by atoms with Crippen LogP contribution in [0, 0.1) is 71.0 Å². The van der Waals surface area contributed by atoms with Crippen molar-refractivity contribution in [3.05, 3.63) is 0 Å². The summed E-state index contributed by atoms with van der Waals surface area (Å²) in [6.07, 6.45) is 32.3. The van der Waals surface area contributed by atoms with Crippen LogP contribution in [0.25, 0.3) is 0 Å². The highest BCUT2D eigenvalue weighted by atomic mass is 16.2. The number of fused-ring (bicyclic) bond motifs is 6. The summed E-state index contributed by atoms with van der Waals surface area (Å²) in [5.74, 6) is 7.71. The van der Waals surface area contributed by atoms with E-state index in [0.717, 1.165) is 73.6 Å². The van der Waals surface area contributed by atoms with Crippen LogP contribution in [-0.2, 0) is 4.79 Å². The second kappa shape index (κ2) is 15.1. The maximum Gasteiger partial charge on any atom is 0.120 e. The lowest BCUT2D eigenvalue weighted by molar-refractivity contribution is -0.110. The minimum atomic E-state index is 0.558. The van der Waals surface area contributed by atoms with E-state index in [1.807, 2.05) is 13.8 Å². The Bertz CT molecular complexity index is 684. The molecule has 2 nitrogen and oxygen atoms in total. The number of hydrogen-bond acceptors (Lipinski definition) is 2. The van der Waals surface area contributed by atoms with Gasteiger partial charge in [-0.1, -0.05) is 66.7 Å². The zero-order chi connectivity index (χ0) is 27.6. The predicted molar refractivity (Wildman–Crippen MR) is 159 cm³/mol. The quantitative estimate of drug-likeness (QED) is 0.300. The number of carbonyl (C=O) groups excluding carboxylic acids is 1. The van der Waals surface area contributed by atoms with Gasteiger partial charge in [0.2, 0.25) is 0 Å². The van der Waals surface area contributed by atoms with Crippen LogP contribution in [0.4, 0.5) is 0 Å². The molecule has 5 rings (SSSR count). The third-order valence-electron chi connectivity index (χ3n) is 12.5. The van der Waals surface area contributed by atoms with Crippen LogP contribution in [-0.4, -0.2) is 18.5 Å². The highest BCUT2D eigenvalue weighted by Gasteiger charge is 2.60. The van der Waals surface area contributed by atoms with E-state index in [4.69, 9.17) is 5.11 Å². The number of hydrogen-bond donors (Lipinski definition) is 1. The van der Waals surface area contributed by atoms with Gasteiger partial charge in [0, 0.05) is 13.5 Å². The largest absolute Gasteiger partial charge is 0.400 e. The number of rotatable bonds is 4.